The summed E-state index contributed by atoms with van der Waals surface area (Å²) >= 11 is 0. The number of aromatic nitrogens is 3. The van der Waals surface area contributed by atoms with Gasteiger partial charge in [0.15, 0.2) is 0 Å². The van der Waals surface area contributed by atoms with Crippen molar-refractivity contribution in [2.24, 2.45) is 0 Å². The molecule has 2 aromatic heterocycles. The average Bonchev–Trinajstić information content (AvgIpc) is 3.24. The van der Waals surface area contributed by atoms with Crippen LogP contribution in [0.5, 0.6) is 0 Å². The first-order valence-corrected chi connectivity index (χ1v) is 11.7. The molecule has 0 aliphatic carbocycles. The van der Waals surface area contributed by atoms with Crippen molar-refractivity contribution in [3.05, 3.63) is 65.5 Å². The van der Waals surface area contributed by atoms with Gasteiger partial charge in [0.05, 0.1) is 17.9 Å². The molecule has 1 unspecified atom stereocenters. The number of carbonyl (C=O) groups is 1. The third-order valence-corrected chi connectivity index (χ3v) is 6.43. The summed E-state index contributed by atoms with van der Waals surface area (Å²) in [6.45, 7) is 7.97. The third kappa shape index (κ3) is 4.37. The highest BCUT2D eigenvalue weighted by molar-refractivity contribution is 6.00. The van der Waals surface area contributed by atoms with E-state index in [-0.39, 0.29) is 23.5 Å². The molecule has 3 aromatic rings. The number of rotatable bonds is 4. The summed E-state index contributed by atoms with van der Waals surface area (Å²) in [5, 5.41) is 11.2. The Kier molecular flexibility index (Phi) is 5.66. The summed E-state index contributed by atoms with van der Waals surface area (Å²) in [7, 11) is 0. The van der Waals surface area contributed by atoms with Crippen molar-refractivity contribution >= 4 is 11.7 Å². The van der Waals surface area contributed by atoms with E-state index in [1.807, 2.05) is 16.8 Å². The van der Waals surface area contributed by atoms with Crippen LogP contribution in [0.2, 0.25) is 0 Å². The van der Waals surface area contributed by atoms with Gasteiger partial charge in [-0.15, -0.1) is 0 Å². The van der Waals surface area contributed by atoms with Crippen LogP contribution in [0.4, 0.5) is 5.82 Å². The van der Waals surface area contributed by atoms with E-state index in [2.05, 4.69) is 66.8 Å². The Morgan fingerprint density at radius 1 is 1.03 bits per heavy atom. The summed E-state index contributed by atoms with van der Waals surface area (Å²) in [5.41, 5.74) is 4.81. The highest BCUT2D eigenvalue weighted by atomic mass is 16.5. The van der Waals surface area contributed by atoms with E-state index in [1.165, 1.54) is 0 Å². The molecule has 2 aliphatic heterocycles. The number of hydrogen-bond acceptors (Lipinski definition) is 5. The van der Waals surface area contributed by atoms with Gasteiger partial charge in [0, 0.05) is 36.3 Å². The van der Waals surface area contributed by atoms with Gasteiger partial charge in [0.2, 0.25) is 0 Å². The van der Waals surface area contributed by atoms with E-state index in [1.54, 1.807) is 6.20 Å². The molecule has 1 amide bonds. The largest absolute Gasteiger partial charge is 0.381 e. The van der Waals surface area contributed by atoms with Gasteiger partial charge >= 0.3 is 0 Å². The van der Waals surface area contributed by atoms with Gasteiger partial charge in [-0.25, -0.2) is 4.68 Å². The number of anilines is 1. The van der Waals surface area contributed by atoms with Crippen LogP contribution >= 0.6 is 0 Å². The van der Waals surface area contributed by atoms with E-state index in [4.69, 9.17) is 9.72 Å². The number of fused-ring (bicyclic) bond motifs is 1. The summed E-state index contributed by atoms with van der Waals surface area (Å²) in [5.74, 6) is 0.721. The van der Waals surface area contributed by atoms with Crippen molar-refractivity contribution in [1.82, 2.24) is 20.1 Å². The first-order chi connectivity index (χ1) is 15.9. The van der Waals surface area contributed by atoms with Crippen LogP contribution in [0.25, 0.3) is 11.3 Å². The molecule has 1 saturated heterocycles. The van der Waals surface area contributed by atoms with Crippen molar-refractivity contribution in [3.8, 4) is 11.3 Å². The molecule has 33 heavy (non-hydrogen) atoms. The Balaban J connectivity index is 1.42. The van der Waals surface area contributed by atoms with Crippen LogP contribution in [0.3, 0.4) is 0 Å². The second-order valence-electron chi connectivity index (χ2n) is 9.88. The van der Waals surface area contributed by atoms with E-state index < -0.39 is 0 Å². The minimum atomic E-state index is -0.229. The summed E-state index contributed by atoms with van der Waals surface area (Å²) in [6, 6.07) is 14.7. The fourth-order valence-corrected chi connectivity index (χ4v) is 4.59. The van der Waals surface area contributed by atoms with Crippen molar-refractivity contribution in [2.45, 2.75) is 57.7 Å². The molecule has 0 bridgehead atoms. The van der Waals surface area contributed by atoms with Crippen LogP contribution in [0, 0.1) is 0 Å². The molecule has 2 aliphatic rings. The molecule has 4 heterocycles. The minimum Gasteiger partial charge on any atom is -0.381 e. The molecule has 172 valence electrons. The number of amides is 1. The van der Waals surface area contributed by atoms with Gasteiger partial charge in [-0.3, -0.25) is 9.78 Å². The van der Waals surface area contributed by atoms with Crippen LogP contribution in [-0.4, -0.2) is 40.1 Å². The summed E-state index contributed by atoms with van der Waals surface area (Å²) in [6.07, 6.45) is 3.88. The first-order valence-electron chi connectivity index (χ1n) is 11.7. The lowest BCUT2D eigenvalue weighted by Gasteiger charge is -2.30. The smallest absolute Gasteiger partial charge is 0.258 e. The second kappa shape index (κ2) is 8.63. The number of benzene rings is 1. The number of nitrogens with one attached hydrogen (secondary N) is 2. The number of carbonyl (C=O) groups excluding carboxylic acids is 1. The topological polar surface area (TPSA) is 81.1 Å². The monoisotopic (exact) mass is 445 g/mol. The van der Waals surface area contributed by atoms with E-state index in [9.17, 15) is 4.79 Å². The lowest BCUT2D eigenvalue weighted by atomic mass is 9.91. The van der Waals surface area contributed by atoms with Gasteiger partial charge in [-0.05, 0) is 30.5 Å². The van der Waals surface area contributed by atoms with Crippen LogP contribution < -0.4 is 10.6 Å². The zero-order valence-electron chi connectivity index (χ0n) is 19.5. The lowest BCUT2D eigenvalue weighted by molar-refractivity contribution is 0.0667. The van der Waals surface area contributed by atoms with Gasteiger partial charge in [0.25, 0.3) is 5.91 Å². The normalized spacial score (nSPS) is 19.0. The molecule has 0 saturated carbocycles. The van der Waals surface area contributed by atoms with Crippen molar-refractivity contribution in [1.29, 1.82) is 0 Å². The van der Waals surface area contributed by atoms with Crippen LogP contribution in [0.15, 0.2) is 48.7 Å². The summed E-state index contributed by atoms with van der Waals surface area (Å²) < 4.78 is 7.48. The van der Waals surface area contributed by atoms with Gasteiger partial charge < -0.3 is 15.4 Å². The maximum atomic E-state index is 12.9. The zero-order valence-corrected chi connectivity index (χ0v) is 19.5. The maximum Gasteiger partial charge on any atom is 0.258 e. The van der Waals surface area contributed by atoms with Gasteiger partial charge in [0.1, 0.15) is 17.5 Å². The van der Waals surface area contributed by atoms with Crippen molar-refractivity contribution in [3.63, 3.8) is 0 Å². The Morgan fingerprint density at radius 3 is 2.61 bits per heavy atom. The molecule has 0 radical (unpaired) electrons. The quantitative estimate of drug-likeness (QED) is 0.625. The van der Waals surface area contributed by atoms with Crippen molar-refractivity contribution < 1.29 is 9.53 Å². The SMILES string of the molecule is CC(C)(C)c1cccc(-c2ccccc2CC2NC(=O)c3cnn(C4CCOCC4)c3N2)n1. The fraction of sp³-hybridized carbons (Fsp3) is 0.423. The Bertz CT molecular complexity index is 1160. The molecular formula is C26H31N5O2. The molecule has 1 aromatic carbocycles. The maximum absolute atomic E-state index is 12.9. The number of ether oxygens (including phenoxy) is 1. The van der Waals surface area contributed by atoms with Gasteiger partial charge in [-0.2, -0.15) is 5.10 Å². The van der Waals surface area contributed by atoms with Crippen LogP contribution in [0.1, 0.15) is 61.3 Å². The average molecular weight is 446 g/mol. The third-order valence-electron chi connectivity index (χ3n) is 6.43. The fourth-order valence-electron chi connectivity index (χ4n) is 4.59. The second-order valence-corrected chi connectivity index (χ2v) is 9.88. The molecule has 5 rings (SSSR count). The molecule has 7 nitrogen and oxygen atoms in total. The molecule has 7 heteroatoms. The van der Waals surface area contributed by atoms with Crippen LogP contribution in [-0.2, 0) is 16.6 Å². The predicted molar refractivity (Wildman–Crippen MR) is 128 cm³/mol. The highest BCUT2D eigenvalue weighted by Gasteiger charge is 2.31. The molecular weight excluding hydrogens is 414 g/mol. The van der Waals surface area contributed by atoms with Crippen molar-refractivity contribution in [2.75, 3.05) is 18.5 Å². The number of nitrogens with zero attached hydrogens (tertiary/aromatic N) is 3. The lowest BCUT2D eigenvalue weighted by Crippen LogP contribution is -2.46. The predicted octanol–water partition coefficient (Wildman–Crippen LogP) is 4.32. The molecule has 2 N–H and O–H groups in total. The number of hydrogen-bond donors (Lipinski definition) is 2. The van der Waals surface area contributed by atoms with E-state index in [0.717, 1.165) is 54.4 Å². The summed E-state index contributed by atoms with van der Waals surface area (Å²) in [4.78, 5) is 17.8. The minimum absolute atomic E-state index is 0.0250. The Labute approximate surface area is 194 Å². The Hall–Kier alpha value is -3.19. The van der Waals surface area contributed by atoms with E-state index in [0.29, 0.717) is 12.0 Å². The first kappa shape index (κ1) is 21.6. The molecule has 1 fully saturated rings. The van der Waals surface area contributed by atoms with E-state index >= 15 is 0 Å². The highest BCUT2D eigenvalue weighted by Crippen LogP contribution is 2.31. The number of pyridine rings is 1. The Morgan fingerprint density at radius 2 is 1.82 bits per heavy atom. The van der Waals surface area contributed by atoms with Gasteiger partial charge in [-0.1, -0.05) is 51.1 Å². The standard InChI is InChI=1S/C26H31N5O2/c1-26(2,3)22-10-6-9-21(28-22)19-8-5-4-7-17(19)15-23-29-24-20(25(32)30-23)16-27-31(24)18-11-13-33-14-12-18/h4-10,16,18,23,29H,11-15H2,1-3H3,(H,30,32). The molecule has 0 spiro atoms. The molecule has 1 atom stereocenters. The zero-order chi connectivity index (χ0) is 23.0.